The molecule has 1 saturated heterocycles. The van der Waals surface area contributed by atoms with Crippen molar-refractivity contribution in [2.24, 2.45) is 0 Å². The van der Waals surface area contributed by atoms with E-state index in [2.05, 4.69) is 19.2 Å². The van der Waals surface area contributed by atoms with Gasteiger partial charge in [0, 0.05) is 24.0 Å². The molecule has 0 saturated carbocycles. The lowest BCUT2D eigenvalue weighted by molar-refractivity contribution is 0.247. The molecule has 0 aliphatic carbocycles. The lowest BCUT2D eigenvalue weighted by Crippen LogP contribution is -2.42. The van der Waals surface area contributed by atoms with Crippen molar-refractivity contribution < 1.29 is 8.42 Å². The summed E-state index contributed by atoms with van der Waals surface area (Å²) in [6, 6.07) is 3.88. The average molecular weight is 331 g/mol. The fourth-order valence-corrected chi connectivity index (χ4v) is 6.02. The fourth-order valence-electron chi connectivity index (χ4n) is 2.79. The molecule has 0 spiro atoms. The maximum atomic E-state index is 12.8. The van der Waals surface area contributed by atoms with Crippen LogP contribution in [0.1, 0.15) is 50.8 Å². The predicted octanol–water partition coefficient (Wildman–Crippen LogP) is 3.20. The van der Waals surface area contributed by atoms with Crippen LogP contribution in [-0.4, -0.2) is 31.9 Å². The Morgan fingerprint density at radius 1 is 1.33 bits per heavy atom. The minimum Gasteiger partial charge on any atom is -0.312 e. The summed E-state index contributed by atoms with van der Waals surface area (Å²) in [5.41, 5.74) is 0. The molecule has 0 aromatic carbocycles. The molecule has 1 aliphatic rings. The van der Waals surface area contributed by atoms with Crippen molar-refractivity contribution in [2.75, 3.05) is 13.1 Å². The molecule has 0 amide bonds. The number of nitrogens with one attached hydrogen (secondary N) is 1. The number of thiophene rings is 1. The van der Waals surface area contributed by atoms with E-state index >= 15 is 0 Å². The van der Waals surface area contributed by atoms with E-state index in [4.69, 9.17) is 0 Å². The van der Waals surface area contributed by atoms with Gasteiger partial charge in [-0.05, 0) is 44.4 Å². The van der Waals surface area contributed by atoms with Crippen LogP contribution in [0.3, 0.4) is 0 Å². The van der Waals surface area contributed by atoms with Crippen LogP contribution in [0.25, 0.3) is 0 Å². The number of piperidine rings is 1. The lowest BCUT2D eigenvalue weighted by Gasteiger charge is -2.33. The summed E-state index contributed by atoms with van der Waals surface area (Å²) in [6.07, 6.45) is 5.09. The molecule has 0 radical (unpaired) electrons. The van der Waals surface area contributed by atoms with Gasteiger partial charge in [0.25, 0.3) is 10.0 Å². The van der Waals surface area contributed by atoms with E-state index < -0.39 is 10.0 Å². The van der Waals surface area contributed by atoms with Crippen molar-refractivity contribution in [1.82, 2.24) is 9.62 Å². The summed E-state index contributed by atoms with van der Waals surface area (Å²) in [4.78, 5) is 1.09. The Bertz CT molecular complexity index is 540. The molecule has 1 aromatic heterocycles. The number of hydrogen-bond acceptors (Lipinski definition) is 4. The smallest absolute Gasteiger partial charge is 0.252 e. The molecule has 6 heteroatoms. The van der Waals surface area contributed by atoms with Gasteiger partial charge in [-0.2, -0.15) is 4.31 Å². The lowest BCUT2D eigenvalue weighted by atomic mass is 10.0. The number of sulfonamides is 1. The number of hydrogen-bond donors (Lipinski definition) is 1. The van der Waals surface area contributed by atoms with Crippen molar-refractivity contribution in [3.63, 3.8) is 0 Å². The van der Waals surface area contributed by atoms with Gasteiger partial charge in [0.1, 0.15) is 4.21 Å². The van der Waals surface area contributed by atoms with Crippen LogP contribution in [-0.2, 0) is 16.6 Å². The second-order valence-corrected chi connectivity index (χ2v) is 8.86. The number of rotatable bonds is 7. The van der Waals surface area contributed by atoms with Crippen LogP contribution in [0, 0.1) is 0 Å². The Labute approximate surface area is 132 Å². The minimum atomic E-state index is -3.31. The first-order valence-electron chi connectivity index (χ1n) is 7.90. The van der Waals surface area contributed by atoms with Gasteiger partial charge in [-0.25, -0.2) is 8.42 Å². The maximum absolute atomic E-state index is 12.8. The zero-order chi connectivity index (χ0) is 15.3. The summed E-state index contributed by atoms with van der Waals surface area (Å²) in [7, 11) is -3.31. The highest BCUT2D eigenvalue weighted by Gasteiger charge is 2.33. The van der Waals surface area contributed by atoms with Gasteiger partial charge in [-0.15, -0.1) is 11.3 Å². The van der Waals surface area contributed by atoms with E-state index in [0.717, 1.165) is 50.1 Å². The first-order valence-corrected chi connectivity index (χ1v) is 10.2. The highest BCUT2D eigenvalue weighted by molar-refractivity contribution is 7.91. The van der Waals surface area contributed by atoms with Crippen molar-refractivity contribution in [3.05, 3.63) is 17.0 Å². The largest absolute Gasteiger partial charge is 0.312 e. The first-order chi connectivity index (χ1) is 10.1. The van der Waals surface area contributed by atoms with Gasteiger partial charge in [-0.3, -0.25) is 0 Å². The fraction of sp³-hybridized carbons (Fsp3) is 0.733. The van der Waals surface area contributed by atoms with E-state index in [1.54, 1.807) is 10.4 Å². The molecule has 2 heterocycles. The van der Waals surface area contributed by atoms with Gasteiger partial charge in [0.2, 0.25) is 0 Å². The Kier molecular flexibility index (Phi) is 6.22. The standard InChI is InChI=1S/C15H26N2O2S2/c1-3-10-16-12-14-8-9-15(20-14)21(18,19)17-11-6-5-7-13(17)4-2/h8-9,13,16H,3-7,10-12H2,1-2H3. The zero-order valence-electron chi connectivity index (χ0n) is 13.0. The van der Waals surface area contributed by atoms with E-state index in [1.165, 1.54) is 11.3 Å². The zero-order valence-corrected chi connectivity index (χ0v) is 14.6. The maximum Gasteiger partial charge on any atom is 0.252 e. The molecule has 4 nitrogen and oxygen atoms in total. The molecule has 1 fully saturated rings. The van der Waals surface area contributed by atoms with Crippen molar-refractivity contribution in [3.8, 4) is 0 Å². The summed E-state index contributed by atoms with van der Waals surface area (Å²) in [5.74, 6) is 0. The minimum absolute atomic E-state index is 0.174. The molecular weight excluding hydrogens is 304 g/mol. The monoisotopic (exact) mass is 330 g/mol. The molecule has 1 atom stereocenters. The van der Waals surface area contributed by atoms with Crippen LogP contribution in [0.2, 0.25) is 0 Å². The molecule has 1 unspecified atom stereocenters. The molecule has 1 aromatic rings. The van der Waals surface area contributed by atoms with E-state index in [-0.39, 0.29) is 6.04 Å². The van der Waals surface area contributed by atoms with Crippen LogP contribution in [0.15, 0.2) is 16.3 Å². The summed E-state index contributed by atoms with van der Waals surface area (Å²) < 4.78 is 27.9. The van der Waals surface area contributed by atoms with Gasteiger partial charge < -0.3 is 5.32 Å². The predicted molar refractivity (Wildman–Crippen MR) is 88.1 cm³/mol. The van der Waals surface area contributed by atoms with Crippen LogP contribution in [0.5, 0.6) is 0 Å². The van der Waals surface area contributed by atoms with Crippen molar-refractivity contribution in [2.45, 2.75) is 62.7 Å². The van der Waals surface area contributed by atoms with Gasteiger partial charge >= 0.3 is 0 Å². The van der Waals surface area contributed by atoms with Crippen LogP contribution >= 0.6 is 11.3 Å². The molecule has 1 aliphatic heterocycles. The highest BCUT2D eigenvalue weighted by Crippen LogP contribution is 2.30. The Morgan fingerprint density at radius 3 is 2.86 bits per heavy atom. The molecule has 1 N–H and O–H groups in total. The third-order valence-corrected chi connectivity index (χ3v) is 7.47. The van der Waals surface area contributed by atoms with E-state index in [9.17, 15) is 8.42 Å². The van der Waals surface area contributed by atoms with Gasteiger partial charge in [-0.1, -0.05) is 20.3 Å². The molecule has 21 heavy (non-hydrogen) atoms. The van der Waals surface area contributed by atoms with Gasteiger partial charge in [0.05, 0.1) is 0 Å². The van der Waals surface area contributed by atoms with E-state index in [1.807, 2.05) is 6.07 Å². The Balaban J connectivity index is 2.11. The second kappa shape index (κ2) is 7.72. The highest BCUT2D eigenvalue weighted by atomic mass is 32.2. The van der Waals surface area contributed by atoms with Crippen LogP contribution in [0.4, 0.5) is 0 Å². The number of nitrogens with zero attached hydrogens (tertiary/aromatic N) is 1. The quantitative estimate of drug-likeness (QED) is 0.781. The molecular formula is C15H26N2O2S2. The van der Waals surface area contributed by atoms with Crippen molar-refractivity contribution >= 4 is 21.4 Å². The second-order valence-electron chi connectivity index (χ2n) is 5.57. The molecule has 2 rings (SSSR count). The third-order valence-electron chi connectivity index (χ3n) is 3.97. The first kappa shape index (κ1) is 16.9. The van der Waals surface area contributed by atoms with Crippen LogP contribution < -0.4 is 5.32 Å². The topological polar surface area (TPSA) is 49.4 Å². The summed E-state index contributed by atoms with van der Waals surface area (Å²) in [5, 5.41) is 3.32. The third kappa shape index (κ3) is 4.06. The van der Waals surface area contributed by atoms with Gasteiger partial charge in [0.15, 0.2) is 0 Å². The average Bonchev–Trinajstić information content (AvgIpc) is 2.97. The molecule has 120 valence electrons. The van der Waals surface area contributed by atoms with Crippen molar-refractivity contribution in [1.29, 1.82) is 0 Å². The normalized spacial score (nSPS) is 20.8. The Hall–Kier alpha value is -0.430. The SMILES string of the molecule is CCCNCc1ccc(S(=O)(=O)N2CCCCC2CC)s1. The summed E-state index contributed by atoms with van der Waals surface area (Å²) in [6.45, 7) is 6.59. The Morgan fingerprint density at radius 2 is 2.14 bits per heavy atom. The molecule has 0 bridgehead atoms. The summed E-state index contributed by atoms with van der Waals surface area (Å²) >= 11 is 1.40. The van der Waals surface area contributed by atoms with E-state index in [0.29, 0.717) is 10.8 Å².